The van der Waals surface area contributed by atoms with E-state index in [1.54, 1.807) is 12.1 Å². The molecule has 2 rings (SSSR count). The number of nitrogens with one attached hydrogen (secondary N) is 3. The lowest BCUT2D eigenvalue weighted by Gasteiger charge is -2.22. The number of benzene rings is 1. The fourth-order valence-corrected chi connectivity index (χ4v) is 3.99. The molecule has 0 bridgehead atoms. The largest absolute Gasteiger partial charge is 0.384 e. The number of carbonyl (C=O) groups is 1. The van der Waals surface area contributed by atoms with Crippen molar-refractivity contribution in [2.75, 3.05) is 44.4 Å². The van der Waals surface area contributed by atoms with Gasteiger partial charge in [0.15, 0.2) is 0 Å². The van der Waals surface area contributed by atoms with Crippen molar-refractivity contribution in [3.05, 3.63) is 18.2 Å². The van der Waals surface area contributed by atoms with Crippen molar-refractivity contribution >= 4 is 27.3 Å². The summed E-state index contributed by atoms with van der Waals surface area (Å²) in [6.45, 7) is 4.66. The minimum Gasteiger partial charge on any atom is -0.384 e. The predicted octanol–water partition coefficient (Wildman–Crippen LogP) is 2.09. The Bertz CT molecular complexity index is 713. The first-order valence-electron chi connectivity index (χ1n) is 9.15. The SMILES string of the molecule is CCNc1ccc(S(=O)(=O)N(C)C)cc1NC(=O)CCC1CCNCC1. The van der Waals surface area contributed by atoms with Crippen molar-refractivity contribution in [3.63, 3.8) is 0 Å². The molecule has 0 spiro atoms. The Balaban J connectivity index is 2.10. The van der Waals surface area contributed by atoms with Crippen LogP contribution in [-0.4, -0.2) is 52.4 Å². The number of hydrogen-bond donors (Lipinski definition) is 3. The van der Waals surface area contributed by atoms with Gasteiger partial charge in [-0.1, -0.05) is 0 Å². The van der Waals surface area contributed by atoms with Crippen molar-refractivity contribution in [2.45, 2.75) is 37.5 Å². The summed E-state index contributed by atoms with van der Waals surface area (Å²) in [5.41, 5.74) is 1.23. The van der Waals surface area contributed by atoms with Crippen molar-refractivity contribution < 1.29 is 13.2 Å². The van der Waals surface area contributed by atoms with Crippen LogP contribution in [0, 0.1) is 5.92 Å². The van der Waals surface area contributed by atoms with Gasteiger partial charge in [0.2, 0.25) is 15.9 Å². The van der Waals surface area contributed by atoms with E-state index in [0.29, 0.717) is 24.6 Å². The van der Waals surface area contributed by atoms with Crippen LogP contribution in [0.15, 0.2) is 23.1 Å². The van der Waals surface area contributed by atoms with Crippen molar-refractivity contribution in [3.8, 4) is 0 Å². The monoisotopic (exact) mass is 382 g/mol. The molecule has 1 aromatic rings. The second kappa shape index (κ2) is 9.34. The second-order valence-corrected chi connectivity index (χ2v) is 8.96. The van der Waals surface area contributed by atoms with E-state index in [1.807, 2.05) is 6.92 Å². The predicted molar refractivity (Wildman–Crippen MR) is 105 cm³/mol. The summed E-state index contributed by atoms with van der Waals surface area (Å²) < 4.78 is 25.9. The molecule has 8 heteroatoms. The number of rotatable bonds is 8. The number of anilines is 2. The van der Waals surface area contributed by atoms with Crippen LogP contribution < -0.4 is 16.0 Å². The van der Waals surface area contributed by atoms with Crippen LogP contribution in [-0.2, 0) is 14.8 Å². The molecule has 3 N–H and O–H groups in total. The van der Waals surface area contributed by atoms with Crippen molar-refractivity contribution in [1.29, 1.82) is 0 Å². The van der Waals surface area contributed by atoms with Crippen LogP contribution in [0.1, 0.15) is 32.6 Å². The highest BCUT2D eigenvalue weighted by Crippen LogP contribution is 2.27. The van der Waals surface area contributed by atoms with Gasteiger partial charge < -0.3 is 16.0 Å². The molecule has 1 aliphatic rings. The molecule has 0 unspecified atom stereocenters. The van der Waals surface area contributed by atoms with Crippen LogP contribution in [0.5, 0.6) is 0 Å². The summed E-state index contributed by atoms with van der Waals surface area (Å²) in [7, 11) is -0.567. The molecule has 26 heavy (non-hydrogen) atoms. The first kappa shape index (κ1) is 20.7. The Morgan fingerprint density at radius 3 is 2.54 bits per heavy atom. The summed E-state index contributed by atoms with van der Waals surface area (Å²) in [6, 6.07) is 4.77. The van der Waals surface area contributed by atoms with Gasteiger partial charge >= 0.3 is 0 Å². The summed E-state index contributed by atoms with van der Waals surface area (Å²) in [5, 5.41) is 9.37. The molecule has 0 radical (unpaired) electrons. The zero-order valence-corrected chi connectivity index (χ0v) is 16.7. The third kappa shape index (κ3) is 5.43. The van der Waals surface area contributed by atoms with E-state index in [-0.39, 0.29) is 10.8 Å². The number of hydrogen-bond acceptors (Lipinski definition) is 5. The van der Waals surface area contributed by atoms with Crippen LogP contribution in [0.25, 0.3) is 0 Å². The van der Waals surface area contributed by atoms with Gasteiger partial charge in [-0.25, -0.2) is 12.7 Å². The maximum Gasteiger partial charge on any atom is 0.242 e. The minimum absolute atomic E-state index is 0.0814. The van der Waals surface area contributed by atoms with E-state index in [4.69, 9.17) is 0 Å². The number of nitrogens with zero attached hydrogens (tertiary/aromatic N) is 1. The van der Waals surface area contributed by atoms with Gasteiger partial charge in [-0.2, -0.15) is 0 Å². The highest BCUT2D eigenvalue weighted by molar-refractivity contribution is 7.89. The highest BCUT2D eigenvalue weighted by Gasteiger charge is 2.20. The molecule has 0 aromatic heterocycles. The van der Waals surface area contributed by atoms with Gasteiger partial charge in [0, 0.05) is 27.1 Å². The summed E-state index contributed by atoms with van der Waals surface area (Å²) in [6.07, 6.45) is 3.51. The molecular weight excluding hydrogens is 352 g/mol. The number of carbonyl (C=O) groups excluding carboxylic acids is 1. The smallest absolute Gasteiger partial charge is 0.242 e. The molecule has 7 nitrogen and oxygen atoms in total. The van der Waals surface area contributed by atoms with E-state index < -0.39 is 10.0 Å². The van der Waals surface area contributed by atoms with Crippen LogP contribution in [0.2, 0.25) is 0 Å². The molecule has 0 atom stereocenters. The lowest BCUT2D eigenvalue weighted by Crippen LogP contribution is -2.28. The summed E-state index contributed by atoms with van der Waals surface area (Å²) in [5.74, 6) is 0.498. The number of amides is 1. The average Bonchev–Trinajstić information content (AvgIpc) is 2.62. The molecular formula is C18H30N4O3S. The van der Waals surface area contributed by atoms with Crippen LogP contribution in [0.4, 0.5) is 11.4 Å². The topological polar surface area (TPSA) is 90.5 Å². The first-order chi connectivity index (χ1) is 12.3. The van der Waals surface area contributed by atoms with Crippen LogP contribution in [0.3, 0.4) is 0 Å². The first-order valence-corrected chi connectivity index (χ1v) is 10.6. The zero-order valence-electron chi connectivity index (χ0n) is 15.8. The van der Waals surface area contributed by atoms with Crippen molar-refractivity contribution in [1.82, 2.24) is 9.62 Å². The molecule has 1 saturated heterocycles. The second-order valence-electron chi connectivity index (χ2n) is 6.81. The molecule has 1 fully saturated rings. The average molecular weight is 383 g/mol. The van der Waals surface area contributed by atoms with E-state index in [1.165, 1.54) is 20.2 Å². The Labute approximate surface area is 156 Å². The van der Waals surface area contributed by atoms with Gasteiger partial charge in [-0.15, -0.1) is 0 Å². The number of sulfonamides is 1. The Hall–Kier alpha value is -1.64. The maximum atomic E-state index is 12.4. The molecule has 1 aliphatic heterocycles. The molecule has 0 saturated carbocycles. The van der Waals surface area contributed by atoms with Crippen LogP contribution >= 0.6 is 0 Å². The van der Waals surface area contributed by atoms with Crippen molar-refractivity contribution in [2.24, 2.45) is 5.92 Å². The Morgan fingerprint density at radius 2 is 1.92 bits per heavy atom. The van der Waals surface area contributed by atoms with Gasteiger partial charge in [0.25, 0.3) is 0 Å². The Kier molecular flexibility index (Phi) is 7.43. The highest BCUT2D eigenvalue weighted by atomic mass is 32.2. The lowest BCUT2D eigenvalue weighted by molar-refractivity contribution is -0.116. The fraction of sp³-hybridized carbons (Fsp3) is 0.611. The quantitative estimate of drug-likeness (QED) is 0.640. The fourth-order valence-electron chi connectivity index (χ4n) is 3.06. The molecule has 1 amide bonds. The van der Waals surface area contributed by atoms with Gasteiger partial charge in [-0.3, -0.25) is 4.79 Å². The zero-order chi connectivity index (χ0) is 19.2. The van der Waals surface area contributed by atoms with Gasteiger partial charge in [0.05, 0.1) is 16.3 Å². The van der Waals surface area contributed by atoms with Gasteiger partial charge in [-0.05, 0) is 63.4 Å². The van der Waals surface area contributed by atoms with Gasteiger partial charge in [0.1, 0.15) is 0 Å². The maximum absolute atomic E-state index is 12.4. The lowest BCUT2D eigenvalue weighted by atomic mass is 9.93. The third-order valence-electron chi connectivity index (χ3n) is 4.65. The molecule has 1 aromatic carbocycles. The summed E-state index contributed by atoms with van der Waals surface area (Å²) >= 11 is 0. The Morgan fingerprint density at radius 1 is 1.23 bits per heavy atom. The minimum atomic E-state index is -3.55. The molecule has 0 aliphatic carbocycles. The standard InChI is InChI=1S/C18H30N4O3S/c1-4-20-16-7-6-15(26(24,25)22(2)3)13-17(16)21-18(23)8-5-14-9-11-19-12-10-14/h6-7,13-14,19-20H,4-5,8-12H2,1-3H3,(H,21,23). The molecule has 146 valence electrons. The normalized spacial score (nSPS) is 15.8. The van der Waals surface area contributed by atoms with E-state index >= 15 is 0 Å². The van der Waals surface area contributed by atoms with E-state index in [0.717, 1.165) is 42.3 Å². The molecule has 1 heterocycles. The van der Waals surface area contributed by atoms with E-state index in [9.17, 15) is 13.2 Å². The summed E-state index contributed by atoms with van der Waals surface area (Å²) in [4.78, 5) is 12.6. The van der Waals surface area contributed by atoms with E-state index in [2.05, 4.69) is 16.0 Å². The third-order valence-corrected chi connectivity index (χ3v) is 6.46. The number of piperidine rings is 1.